The normalized spacial score (nSPS) is 12.0. The van der Waals surface area contributed by atoms with Crippen LogP contribution < -0.4 is 5.32 Å². The second-order valence-corrected chi connectivity index (χ2v) is 4.68. The number of aromatic amines is 1. The molecule has 0 fully saturated rings. The standard InChI is InChI=1S/C10H19N3/c1-8-9(6-12-13-8)5-11-7-10(2,3)4/h6,11H,5,7H2,1-4H3,(H,12,13). The van der Waals surface area contributed by atoms with E-state index < -0.39 is 0 Å². The van der Waals surface area contributed by atoms with E-state index in [4.69, 9.17) is 0 Å². The Hall–Kier alpha value is -0.830. The van der Waals surface area contributed by atoms with E-state index in [-0.39, 0.29) is 0 Å². The molecule has 1 heterocycles. The van der Waals surface area contributed by atoms with Crippen molar-refractivity contribution in [2.24, 2.45) is 5.41 Å². The minimum atomic E-state index is 0.345. The van der Waals surface area contributed by atoms with Crippen molar-refractivity contribution in [3.8, 4) is 0 Å². The number of rotatable bonds is 3. The van der Waals surface area contributed by atoms with Gasteiger partial charge in [-0.3, -0.25) is 5.10 Å². The van der Waals surface area contributed by atoms with E-state index in [1.54, 1.807) is 0 Å². The third-order valence-corrected chi connectivity index (χ3v) is 1.91. The Morgan fingerprint density at radius 2 is 2.15 bits per heavy atom. The summed E-state index contributed by atoms with van der Waals surface area (Å²) in [5, 5.41) is 10.3. The molecule has 0 unspecified atom stereocenters. The van der Waals surface area contributed by atoms with Gasteiger partial charge >= 0.3 is 0 Å². The lowest BCUT2D eigenvalue weighted by molar-refractivity contribution is 0.379. The van der Waals surface area contributed by atoms with Crippen LogP contribution in [0.25, 0.3) is 0 Å². The number of aryl methyl sites for hydroxylation is 1. The first-order chi connectivity index (χ1) is 5.99. The molecule has 1 aromatic rings. The second kappa shape index (κ2) is 3.92. The number of hydrogen-bond acceptors (Lipinski definition) is 2. The van der Waals surface area contributed by atoms with Crippen LogP contribution in [0.5, 0.6) is 0 Å². The van der Waals surface area contributed by atoms with Crippen LogP contribution in [0.15, 0.2) is 6.20 Å². The van der Waals surface area contributed by atoms with Crippen molar-refractivity contribution in [1.82, 2.24) is 15.5 Å². The van der Waals surface area contributed by atoms with Gasteiger partial charge in [0.2, 0.25) is 0 Å². The molecule has 0 amide bonds. The van der Waals surface area contributed by atoms with Crippen LogP contribution in [0.2, 0.25) is 0 Å². The summed E-state index contributed by atoms with van der Waals surface area (Å²) in [6.45, 7) is 10.6. The lowest BCUT2D eigenvalue weighted by atomic mass is 9.97. The van der Waals surface area contributed by atoms with Crippen molar-refractivity contribution in [2.75, 3.05) is 6.54 Å². The fourth-order valence-electron chi connectivity index (χ4n) is 1.13. The predicted molar refractivity (Wildman–Crippen MR) is 54.5 cm³/mol. The Labute approximate surface area is 79.9 Å². The molecule has 2 N–H and O–H groups in total. The van der Waals surface area contributed by atoms with Gasteiger partial charge in [-0.2, -0.15) is 5.10 Å². The summed E-state index contributed by atoms with van der Waals surface area (Å²) < 4.78 is 0. The zero-order valence-electron chi connectivity index (χ0n) is 8.94. The molecule has 1 aromatic heterocycles. The van der Waals surface area contributed by atoms with Crippen LogP contribution >= 0.6 is 0 Å². The van der Waals surface area contributed by atoms with Gasteiger partial charge in [0.25, 0.3) is 0 Å². The first-order valence-corrected chi connectivity index (χ1v) is 4.68. The Morgan fingerprint density at radius 3 is 2.62 bits per heavy atom. The Bertz CT molecular complexity index is 257. The van der Waals surface area contributed by atoms with E-state index in [1.165, 1.54) is 5.56 Å². The van der Waals surface area contributed by atoms with E-state index in [2.05, 4.69) is 36.3 Å². The molecule has 0 aromatic carbocycles. The maximum atomic E-state index is 3.97. The fraction of sp³-hybridized carbons (Fsp3) is 0.700. The summed E-state index contributed by atoms with van der Waals surface area (Å²) in [6.07, 6.45) is 1.88. The molecule has 0 aliphatic carbocycles. The SMILES string of the molecule is Cc1[nH]ncc1CNCC(C)(C)C. The maximum Gasteiger partial charge on any atom is 0.0535 e. The predicted octanol–water partition coefficient (Wildman–Crippen LogP) is 1.85. The van der Waals surface area contributed by atoms with Crippen molar-refractivity contribution in [2.45, 2.75) is 34.2 Å². The molecule has 0 radical (unpaired) electrons. The van der Waals surface area contributed by atoms with Gasteiger partial charge in [0.15, 0.2) is 0 Å². The van der Waals surface area contributed by atoms with Crippen molar-refractivity contribution in [1.29, 1.82) is 0 Å². The van der Waals surface area contributed by atoms with Crippen LogP contribution in [-0.4, -0.2) is 16.7 Å². The van der Waals surface area contributed by atoms with Crippen molar-refractivity contribution in [3.05, 3.63) is 17.5 Å². The smallest absolute Gasteiger partial charge is 0.0535 e. The third-order valence-electron chi connectivity index (χ3n) is 1.91. The summed E-state index contributed by atoms with van der Waals surface area (Å²) in [4.78, 5) is 0. The molecule has 0 bridgehead atoms. The van der Waals surface area contributed by atoms with Gasteiger partial charge in [-0.05, 0) is 12.3 Å². The molecule has 0 aliphatic heterocycles. The van der Waals surface area contributed by atoms with Gasteiger partial charge in [-0.15, -0.1) is 0 Å². The quantitative estimate of drug-likeness (QED) is 0.747. The first kappa shape index (κ1) is 10.3. The number of nitrogens with one attached hydrogen (secondary N) is 2. The monoisotopic (exact) mass is 181 g/mol. The maximum absolute atomic E-state index is 3.97. The van der Waals surface area contributed by atoms with Gasteiger partial charge < -0.3 is 5.32 Å². The Balaban J connectivity index is 2.32. The van der Waals surface area contributed by atoms with Crippen LogP contribution in [0, 0.1) is 12.3 Å². The van der Waals surface area contributed by atoms with E-state index in [0.717, 1.165) is 18.8 Å². The molecule has 0 saturated carbocycles. The molecule has 3 nitrogen and oxygen atoms in total. The molecule has 0 aliphatic rings. The van der Waals surface area contributed by atoms with E-state index in [0.29, 0.717) is 5.41 Å². The average molecular weight is 181 g/mol. The molecular formula is C10H19N3. The van der Waals surface area contributed by atoms with Crippen LogP contribution in [0.4, 0.5) is 0 Å². The zero-order valence-corrected chi connectivity index (χ0v) is 8.94. The molecule has 74 valence electrons. The Morgan fingerprint density at radius 1 is 1.46 bits per heavy atom. The Kier molecular flexibility index (Phi) is 3.09. The largest absolute Gasteiger partial charge is 0.312 e. The summed E-state index contributed by atoms with van der Waals surface area (Å²) in [5.41, 5.74) is 2.75. The number of aromatic nitrogens is 2. The minimum absolute atomic E-state index is 0.345. The van der Waals surface area contributed by atoms with E-state index in [1.807, 2.05) is 13.1 Å². The van der Waals surface area contributed by atoms with Crippen LogP contribution in [0.1, 0.15) is 32.0 Å². The highest BCUT2D eigenvalue weighted by Gasteiger charge is 2.09. The number of H-pyrrole nitrogens is 1. The van der Waals surface area contributed by atoms with Crippen molar-refractivity contribution in [3.63, 3.8) is 0 Å². The highest BCUT2D eigenvalue weighted by atomic mass is 15.1. The average Bonchev–Trinajstić information content (AvgIpc) is 2.34. The van der Waals surface area contributed by atoms with Gasteiger partial charge in [0.05, 0.1) is 6.20 Å². The molecule has 0 atom stereocenters. The van der Waals surface area contributed by atoms with Crippen LogP contribution in [-0.2, 0) is 6.54 Å². The van der Waals surface area contributed by atoms with E-state index >= 15 is 0 Å². The molecule has 0 saturated heterocycles. The highest BCUT2D eigenvalue weighted by molar-refractivity contribution is 5.13. The molecule has 1 rings (SSSR count). The minimum Gasteiger partial charge on any atom is -0.312 e. The topological polar surface area (TPSA) is 40.7 Å². The van der Waals surface area contributed by atoms with Crippen molar-refractivity contribution >= 4 is 0 Å². The zero-order chi connectivity index (χ0) is 9.90. The summed E-state index contributed by atoms with van der Waals surface area (Å²) in [7, 11) is 0. The lowest BCUT2D eigenvalue weighted by Crippen LogP contribution is -2.26. The number of hydrogen-bond donors (Lipinski definition) is 2. The number of nitrogens with zero attached hydrogens (tertiary/aromatic N) is 1. The first-order valence-electron chi connectivity index (χ1n) is 4.68. The van der Waals surface area contributed by atoms with Gasteiger partial charge in [-0.1, -0.05) is 20.8 Å². The fourth-order valence-corrected chi connectivity index (χ4v) is 1.13. The molecular weight excluding hydrogens is 162 g/mol. The van der Waals surface area contributed by atoms with Gasteiger partial charge in [0.1, 0.15) is 0 Å². The molecule has 0 spiro atoms. The van der Waals surface area contributed by atoms with Crippen molar-refractivity contribution < 1.29 is 0 Å². The summed E-state index contributed by atoms with van der Waals surface area (Å²) >= 11 is 0. The second-order valence-electron chi connectivity index (χ2n) is 4.68. The van der Waals surface area contributed by atoms with Gasteiger partial charge in [-0.25, -0.2) is 0 Å². The molecule has 13 heavy (non-hydrogen) atoms. The summed E-state index contributed by atoms with van der Waals surface area (Å²) in [5.74, 6) is 0. The third kappa shape index (κ3) is 3.59. The van der Waals surface area contributed by atoms with E-state index in [9.17, 15) is 0 Å². The van der Waals surface area contributed by atoms with Crippen LogP contribution in [0.3, 0.4) is 0 Å². The summed E-state index contributed by atoms with van der Waals surface area (Å²) in [6, 6.07) is 0. The highest BCUT2D eigenvalue weighted by Crippen LogP contribution is 2.11. The molecule has 3 heteroatoms. The van der Waals surface area contributed by atoms with Gasteiger partial charge in [0, 0.05) is 24.3 Å². The lowest BCUT2D eigenvalue weighted by Gasteiger charge is -2.18.